The Morgan fingerprint density at radius 1 is 0.875 bits per heavy atom. The van der Waals surface area contributed by atoms with Gasteiger partial charge in [0, 0.05) is 22.7 Å². The Morgan fingerprint density at radius 3 is 2.04 bits per heavy atom. The molecule has 1 aliphatic heterocycles. The van der Waals surface area contributed by atoms with Crippen molar-refractivity contribution in [1.29, 1.82) is 0 Å². The van der Waals surface area contributed by atoms with E-state index in [1.165, 1.54) is 18.2 Å². The van der Waals surface area contributed by atoms with Crippen LogP contribution >= 0.6 is 11.6 Å². The van der Waals surface area contributed by atoms with Gasteiger partial charge >= 0.3 is 0 Å². The minimum Gasteiger partial charge on any atom is -0.289 e. The fourth-order valence-electron chi connectivity index (χ4n) is 2.27. The zero-order chi connectivity index (χ0) is 17.1. The highest BCUT2D eigenvalue weighted by Crippen LogP contribution is 2.20. The third-order valence-electron chi connectivity index (χ3n) is 3.52. The van der Waals surface area contributed by atoms with Crippen molar-refractivity contribution in [1.82, 2.24) is 0 Å². The highest BCUT2D eigenvalue weighted by atomic mass is 35.5. The Kier molecular flexibility index (Phi) is 4.40. The number of imide groups is 1. The molecule has 0 radical (unpaired) electrons. The van der Waals surface area contributed by atoms with Crippen LogP contribution in [0.15, 0.2) is 66.8 Å². The van der Waals surface area contributed by atoms with Crippen molar-refractivity contribution in [3.8, 4) is 0 Å². The molecule has 5 heteroatoms. The Bertz CT molecular complexity index is 846. The minimum atomic E-state index is -0.387. The first-order valence-electron chi connectivity index (χ1n) is 7.19. The summed E-state index contributed by atoms with van der Waals surface area (Å²) in [6.45, 7) is 0. The van der Waals surface area contributed by atoms with E-state index in [9.17, 15) is 14.4 Å². The summed E-state index contributed by atoms with van der Waals surface area (Å²) in [5.74, 6) is -0.947. The fraction of sp³-hybridized carbons (Fsp3) is 0. The molecule has 118 valence electrons. The molecule has 0 saturated carbocycles. The maximum absolute atomic E-state index is 12.2. The number of amides is 2. The molecule has 0 aliphatic carbocycles. The van der Waals surface area contributed by atoms with Gasteiger partial charge in [0.05, 0.1) is 5.69 Å². The Morgan fingerprint density at radius 2 is 1.46 bits per heavy atom. The molecule has 0 saturated heterocycles. The highest BCUT2D eigenvalue weighted by molar-refractivity contribution is 6.30. The molecule has 0 bridgehead atoms. The van der Waals surface area contributed by atoms with Gasteiger partial charge in [0.15, 0.2) is 5.78 Å². The van der Waals surface area contributed by atoms with E-state index in [1.54, 1.807) is 42.5 Å². The number of nitrogens with zero attached hydrogens (tertiary/aromatic N) is 1. The van der Waals surface area contributed by atoms with Gasteiger partial charge in [-0.15, -0.1) is 0 Å². The van der Waals surface area contributed by atoms with E-state index in [0.717, 1.165) is 10.5 Å². The maximum atomic E-state index is 12.2. The van der Waals surface area contributed by atoms with E-state index < -0.39 is 0 Å². The lowest BCUT2D eigenvalue weighted by atomic mass is 10.1. The summed E-state index contributed by atoms with van der Waals surface area (Å²) >= 11 is 5.81. The van der Waals surface area contributed by atoms with Crippen molar-refractivity contribution in [2.45, 2.75) is 0 Å². The average Bonchev–Trinajstić information content (AvgIpc) is 2.93. The Labute approximate surface area is 143 Å². The second-order valence-corrected chi connectivity index (χ2v) is 5.58. The summed E-state index contributed by atoms with van der Waals surface area (Å²) in [4.78, 5) is 36.5. The number of hydrogen-bond donors (Lipinski definition) is 0. The van der Waals surface area contributed by atoms with E-state index in [1.807, 2.05) is 12.1 Å². The maximum Gasteiger partial charge on any atom is 0.258 e. The van der Waals surface area contributed by atoms with Gasteiger partial charge in [-0.05, 0) is 48.0 Å². The first-order chi connectivity index (χ1) is 11.5. The first-order valence-corrected chi connectivity index (χ1v) is 7.56. The smallest absolute Gasteiger partial charge is 0.258 e. The number of anilines is 1. The van der Waals surface area contributed by atoms with Gasteiger partial charge in [0.2, 0.25) is 0 Å². The van der Waals surface area contributed by atoms with Crippen LogP contribution in [0.1, 0.15) is 15.9 Å². The molecular weight excluding hydrogens is 326 g/mol. The van der Waals surface area contributed by atoms with Crippen LogP contribution in [0.4, 0.5) is 5.69 Å². The molecule has 3 rings (SSSR count). The average molecular weight is 338 g/mol. The number of allylic oxidation sites excluding steroid dienone is 1. The van der Waals surface area contributed by atoms with Gasteiger partial charge in [-0.2, -0.15) is 0 Å². The predicted molar refractivity (Wildman–Crippen MR) is 92.9 cm³/mol. The molecule has 0 fully saturated rings. The minimum absolute atomic E-state index is 0.172. The molecule has 2 amide bonds. The van der Waals surface area contributed by atoms with Crippen molar-refractivity contribution < 1.29 is 14.4 Å². The van der Waals surface area contributed by atoms with Crippen molar-refractivity contribution in [3.05, 3.63) is 82.9 Å². The second kappa shape index (κ2) is 6.64. The normalized spacial score (nSPS) is 14.0. The number of hydrogen-bond acceptors (Lipinski definition) is 3. The summed E-state index contributed by atoms with van der Waals surface area (Å²) < 4.78 is 0. The molecule has 4 nitrogen and oxygen atoms in total. The number of halogens is 1. The predicted octanol–water partition coefficient (Wildman–Crippen LogP) is 3.67. The van der Waals surface area contributed by atoms with Gasteiger partial charge < -0.3 is 0 Å². The highest BCUT2D eigenvalue weighted by Gasteiger charge is 2.24. The van der Waals surface area contributed by atoms with Crippen LogP contribution in [0.5, 0.6) is 0 Å². The van der Waals surface area contributed by atoms with E-state index >= 15 is 0 Å². The van der Waals surface area contributed by atoms with Crippen molar-refractivity contribution in [3.63, 3.8) is 0 Å². The van der Waals surface area contributed by atoms with Crippen LogP contribution in [0.25, 0.3) is 6.08 Å². The van der Waals surface area contributed by atoms with Crippen LogP contribution in [0, 0.1) is 0 Å². The van der Waals surface area contributed by atoms with Crippen LogP contribution in [-0.2, 0) is 9.59 Å². The fourth-order valence-corrected chi connectivity index (χ4v) is 2.40. The van der Waals surface area contributed by atoms with Crippen molar-refractivity contribution in [2.24, 2.45) is 0 Å². The third-order valence-corrected chi connectivity index (χ3v) is 3.77. The first kappa shape index (κ1) is 15.9. The zero-order valence-electron chi connectivity index (χ0n) is 12.5. The molecule has 2 aromatic rings. The molecule has 1 aliphatic rings. The molecule has 24 heavy (non-hydrogen) atoms. The van der Waals surface area contributed by atoms with E-state index in [0.29, 0.717) is 16.3 Å². The summed E-state index contributed by atoms with van der Waals surface area (Å²) in [6, 6.07) is 13.4. The second-order valence-electron chi connectivity index (χ2n) is 5.14. The molecule has 0 N–H and O–H groups in total. The summed E-state index contributed by atoms with van der Waals surface area (Å²) in [6.07, 6.45) is 5.60. The number of rotatable bonds is 4. The number of benzene rings is 2. The Balaban J connectivity index is 1.73. The quantitative estimate of drug-likeness (QED) is 0.486. The molecule has 1 heterocycles. The lowest BCUT2D eigenvalue weighted by Crippen LogP contribution is -2.29. The van der Waals surface area contributed by atoms with Crippen LogP contribution in [0.2, 0.25) is 5.02 Å². The molecule has 0 atom stereocenters. The van der Waals surface area contributed by atoms with Crippen molar-refractivity contribution in [2.75, 3.05) is 4.90 Å². The lowest BCUT2D eigenvalue weighted by molar-refractivity contribution is -0.119. The molecule has 0 spiro atoms. The monoisotopic (exact) mass is 337 g/mol. The standard InChI is InChI=1S/C19H12ClNO3/c20-15-6-1-13(2-7-15)3-10-17(22)14-4-8-16(9-5-14)21-18(23)11-12-19(21)24/h1-12H/b10-3+. The lowest BCUT2D eigenvalue weighted by Gasteiger charge is -2.13. The van der Waals surface area contributed by atoms with Crippen LogP contribution < -0.4 is 4.90 Å². The van der Waals surface area contributed by atoms with Gasteiger partial charge in [-0.1, -0.05) is 29.8 Å². The molecule has 0 unspecified atom stereocenters. The summed E-state index contributed by atoms with van der Waals surface area (Å²) in [5, 5.41) is 0.634. The van der Waals surface area contributed by atoms with Crippen LogP contribution in [0.3, 0.4) is 0 Å². The summed E-state index contributed by atoms with van der Waals surface area (Å²) in [5.41, 5.74) is 1.77. The Hall–Kier alpha value is -2.98. The van der Waals surface area contributed by atoms with Gasteiger partial charge in [-0.3, -0.25) is 14.4 Å². The van der Waals surface area contributed by atoms with Gasteiger partial charge in [0.1, 0.15) is 0 Å². The molecule has 0 aromatic heterocycles. The third kappa shape index (κ3) is 3.34. The largest absolute Gasteiger partial charge is 0.289 e. The zero-order valence-corrected chi connectivity index (χ0v) is 13.2. The van der Waals surface area contributed by atoms with Crippen LogP contribution in [-0.4, -0.2) is 17.6 Å². The van der Waals surface area contributed by atoms with E-state index in [-0.39, 0.29) is 17.6 Å². The van der Waals surface area contributed by atoms with Crippen molar-refractivity contribution >= 4 is 41.0 Å². The molecular formula is C19H12ClNO3. The number of ketones is 1. The van der Waals surface area contributed by atoms with Gasteiger partial charge in [0.25, 0.3) is 11.8 Å². The topological polar surface area (TPSA) is 54.5 Å². The van der Waals surface area contributed by atoms with E-state index in [2.05, 4.69) is 0 Å². The summed E-state index contributed by atoms with van der Waals surface area (Å²) in [7, 11) is 0. The van der Waals surface area contributed by atoms with Gasteiger partial charge in [-0.25, -0.2) is 4.90 Å². The number of carbonyl (C=O) groups is 3. The SMILES string of the molecule is O=C(/C=C/c1ccc(Cl)cc1)c1ccc(N2C(=O)C=CC2=O)cc1. The number of carbonyl (C=O) groups excluding carboxylic acids is 3. The van der Waals surface area contributed by atoms with E-state index in [4.69, 9.17) is 11.6 Å². The molecule has 2 aromatic carbocycles.